The van der Waals surface area contributed by atoms with E-state index in [4.69, 9.17) is 9.47 Å². The van der Waals surface area contributed by atoms with Crippen molar-refractivity contribution in [2.45, 2.75) is 32.4 Å². The molecule has 0 radical (unpaired) electrons. The number of rotatable bonds is 7. The van der Waals surface area contributed by atoms with Crippen LogP contribution in [0.5, 0.6) is 11.5 Å². The topological polar surface area (TPSA) is 33.7 Å². The van der Waals surface area contributed by atoms with Gasteiger partial charge in [0.25, 0.3) is 0 Å². The summed E-state index contributed by atoms with van der Waals surface area (Å²) in [5, 5.41) is 3.18. The van der Waals surface area contributed by atoms with Crippen LogP contribution in [0.1, 0.15) is 24.5 Å². The predicted octanol–water partition coefficient (Wildman–Crippen LogP) is 2.06. The van der Waals surface area contributed by atoms with Gasteiger partial charge in [-0.25, -0.2) is 0 Å². The third kappa shape index (κ3) is 3.64. The zero-order valence-corrected chi connectivity index (χ0v) is 13.0. The first-order chi connectivity index (χ1) is 9.63. The average Bonchev–Trinajstić information content (AvgIpc) is 2.77. The minimum Gasteiger partial charge on any atom is -0.496 e. The normalized spacial score (nSPS) is 17.1. The van der Waals surface area contributed by atoms with Crippen molar-refractivity contribution in [1.82, 2.24) is 10.2 Å². The van der Waals surface area contributed by atoms with Crippen LogP contribution < -0.4 is 14.8 Å². The lowest BCUT2D eigenvalue weighted by Crippen LogP contribution is -2.22. The maximum Gasteiger partial charge on any atom is 0.123 e. The van der Waals surface area contributed by atoms with Crippen LogP contribution in [0.25, 0.3) is 0 Å². The van der Waals surface area contributed by atoms with Crippen molar-refractivity contribution in [3.8, 4) is 11.5 Å². The highest BCUT2D eigenvalue weighted by atomic mass is 16.5. The summed E-state index contributed by atoms with van der Waals surface area (Å²) in [6.45, 7) is 5.11. The van der Waals surface area contributed by atoms with Crippen molar-refractivity contribution in [3.63, 3.8) is 0 Å². The van der Waals surface area contributed by atoms with Crippen molar-refractivity contribution in [2.24, 2.45) is 0 Å². The number of benzene rings is 1. The summed E-state index contributed by atoms with van der Waals surface area (Å²) in [5.41, 5.74) is 2.46. The SMILES string of the molecule is CNCCCN(C)Cc1cc2c(cc1OC)CC(C)O2. The van der Waals surface area contributed by atoms with Gasteiger partial charge in [0.2, 0.25) is 0 Å². The molecule has 1 heterocycles. The number of fused-ring (bicyclic) bond motifs is 1. The van der Waals surface area contributed by atoms with E-state index in [0.717, 1.165) is 44.0 Å². The van der Waals surface area contributed by atoms with Crippen LogP contribution in [0.4, 0.5) is 0 Å². The van der Waals surface area contributed by atoms with Crippen LogP contribution in [-0.2, 0) is 13.0 Å². The van der Waals surface area contributed by atoms with Gasteiger partial charge >= 0.3 is 0 Å². The van der Waals surface area contributed by atoms with Gasteiger partial charge in [0, 0.05) is 24.1 Å². The van der Waals surface area contributed by atoms with E-state index in [1.54, 1.807) is 7.11 Å². The van der Waals surface area contributed by atoms with Crippen molar-refractivity contribution in [1.29, 1.82) is 0 Å². The fraction of sp³-hybridized carbons (Fsp3) is 0.625. The van der Waals surface area contributed by atoms with Gasteiger partial charge in [-0.15, -0.1) is 0 Å². The van der Waals surface area contributed by atoms with E-state index in [9.17, 15) is 0 Å². The molecule has 1 aromatic carbocycles. The Hall–Kier alpha value is -1.26. The Balaban J connectivity index is 2.05. The number of methoxy groups -OCH3 is 1. The maximum atomic E-state index is 5.84. The van der Waals surface area contributed by atoms with Crippen molar-refractivity contribution in [2.75, 3.05) is 34.3 Å². The summed E-state index contributed by atoms with van der Waals surface area (Å²) in [6.07, 6.45) is 2.40. The highest BCUT2D eigenvalue weighted by Crippen LogP contribution is 2.35. The second-order valence-electron chi connectivity index (χ2n) is 5.60. The Morgan fingerprint density at radius 3 is 2.95 bits per heavy atom. The average molecular weight is 278 g/mol. The van der Waals surface area contributed by atoms with Crippen LogP contribution in [0.15, 0.2) is 12.1 Å². The monoisotopic (exact) mass is 278 g/mol. The molecule has 2 rings (SSSR count). The number of ether oxygens (including phenoxy) is 2. The van der Waals surface area contributed by atoms with Gasteiger partial charge < -0.3 is 19.7 Å². The molecule has 0 amide bonds. The molecule has 0 bridgehead atoms. The smallest absolute Gasteiger partial charge is 0.123 e. The molecule has 0 aliphatic carbocycles. The number of hydrogen-bond acceptors (Lipinski definition) is 4. The summed E-state index contributed by atoms with van der Waals surface area (Å²) in [5.74, 6) is 2.00. The second-order valence-corrected chi connectivity index (χ2v) is 5.60. The van der Waals surface area contributed by atoms with Gasteiger partial charge in [-0.2, -0.15) is 0 Å². The first-order valence-corrected chi connectivity index (χ1v) is 7.33. The van der Waals surface area contributed by atoms with E-state index in [2.05, 4.69) is 36.3 Å². The minimum absolute atomic E-state index is 0.276. The Morgan fingerprint density at radius 2 is 2.25 bits per heavy atom. The Kier molecular flexibility index (Phi) is 5.26. The molecule has 20 heavy (non-hydrogen) atoms. The zero-order chi connectivity index (χ0) is 14.5. The molecule has 0 aromatic heterocycles. The molecule has 1 aromatic rings. The molecule has 1 aliphatic rings. The molecule has 0 spiro atoms. The first-order valence-electron chi connectivity index (χ1n) is 7.33. The number of nitrogens with one attached hydrogen (secondary N) is 1. The highest BCUT2D eigenvalue weighted by molar-refractivity contribution is 5.48. The summed E-state index contributed by atoms with van der Waals surface area (Å²) >= 11 is 0. The first kappa shape index (κ1) is 15.1. The van der Waals surface area contributed by atoms with Crippen LogP contribution >= 0.6 is 0 Å². The molecule has 1 aliphatic heterocycles. The van der Waals surface area contributed by atoms with E-state index >= 15 is 0 Å². The molecular formula is C16H26N2O2. The molecular weight excluding hydrogens is 252 g/mol. The fourth-order valence-electron chi connectivity index (χ4n) is 2.69. The third-order valence-corrected chi connectivity index (χ3v) is 3.71. The maximum absolute atomic E-state index is 5.84. The van der Waals surface area contributed by atoms with Crippen LogP contribution in [0.3, 0.4) is 0 Å². The lowest BCUT2D eigenvalue weighted by molar-refractivity contribution is 0.253. The Morgan fingerprint density at radius 1 is 1.45 bits per heavy atom. The van der Waals surface area contributed by atoms with Crippen LogP contribution in [0.2, 0.25) is 0 Å². The predicted molar refractivity (Wildman–Crippen MR) is 81.7 cm³/mol. The van der Waals surface area contributed by atoms with E-state index in [0.29, 0.717) is 0 Å². The summed E-state index contributed by atoms with van der Waals surface area (Å²) in [4.78, 5) is 2.32. The quantitative estimate of drug-likeness (QED) is 0.774. The number of hydrogen-bond donors (Lipinski definition) is 1. The number of nitrogens with zero attached hydrogens (tertiary/aromatic N) is 1. The molecule has 0 saturated carbocycles. The van der Waals surface area contributed by atoms with Crippen LogP contribution in [-0.4, -0.2) is 45.3 Å². The second kappa shape index (κ2) is 6.95. The van der Waals surface area contributed by atoms with Crippen molar-refractivity contribution < 1.29 is 9.47 Å². The summed E-state index contributed by atoms with van der Waals surface area (Å²) < 4.78 is 11.4. The minimum atomic E-state index is 0.276. The van der Waals surface area contributed by atoms with E-state index < -0.39 is 0 Å². The molecule has 1 unspecified atom stereocenters. The molecule has 1 N–H and O–H groups in total. The van der Waals surface area contributed by atoms with Gasteiger partial charge in [0.05, 0.1) is 7.11 Å². The largest absolute Gasteiger partial charge is 0.496 e. The molecule has 4 nitrogen and oxygen atoms in total. The fourth-order valence-corrected chi connectivity index (χ4v) is 2.69. The van der Waals surface area contributed by atoms with Gasteiger partial charge in [0.15, 0.2) is 0 Å². The highest BCUT2D eigenvalue weighted by Gasteiger charge is 2.21. The summed E-state index contributed by atoms with van der Waals surface area (Å²) in [6, 6.07) is 4.28. The van der Waals surface area contributed by atoms with E-state index in [1.165, 1.54) is 11.1 Å². The van der Waals surface area contributed by atoms with Gasteiger partial charge in [-0.1, -0.05) is 0 Å². The molecule has 0 saturated heterocycles. The lowest BCUT2D eigenvalue weighted by Gasteiger charge is -2.19. The van der Waals surface area contributed by atoms with Crippen molar-refractivity contribution >= 4 is 0 Å². The molecule has 0 fully saturated rings. The van der Waals surface area contributed by atoms with E-state index in [-0.39, 0.29) is 6.10 Å². The molecule has 112 valence electrons. The Labute approximate surface area is 122 Å². The molecule has 4 heteroatoms. The van der Waals surface area contributed by atoms with E-state index in [1.807, 2.05) is 7.05 Å². The van der Waals surface area contributed by atoms with Crippen molar-refractivity contribution in [3.05, 3.63) is 23.3 Å². The summed E-state index contributed by atoms with van der Waals surface area (Å²) in [7, 11) is 5.87. The van der Waals surface area contributed by atoms with Gasteiger partial charge in [-0.05, 0) is 52.7 Å². The van der Waals surface area contributed by atoms with Crippen LogP contribution in [0, 0.1) is 0 Å². The molecule has 1 atom stereocenters. The lowest BCUT2D eigenvalue weighted by atomic mass is 10.1. The van der Waals surface area contributed by atoms with Gasteiger partial charge in [0.1, 0.15) is 17.6 Å². The third-order valence-electron chi connectivity index (χ3n) is 3.71. The standard InChI is InChI=1S/C16H26N2O2/c1-12-8-13-9-15(19-4)14(10-16(13)20-12)11-18(3)7-5-6-17-2/h9-10,12,17H,5-8,11H2,1-4H3. The van der Waals surface area contributed by atoms with Gasteiger partial charge in [-0.3, -0.25) is 0 Å². The Bertz CT molecular complexity index is 448. The zero-order valence-electron chi connectivity index (χ0n) is 13.0.